The Morgan fingerprint density at radius 2 is 1.86 bits per heavy atom. The number of amides is 1. The molecule has 0 unspecified atom stereocenters. The molecule has 5 rings (SSSR count). The first-order valence-corrected chi connectivity index (χ1v) is 13.5. The highest BCUT2D eigenvalue weighted by atomic mass is 32.1. The van der Waals surface area contributed by atoms with Crippen LogP contribution in [0.25, 0.3) is 11.3 Å². The van der Waals surface area contributed by atoms with E-state index in [-0.39, 0.29) is 5.91 Å². The zero-order valence-electron chi connectivity index (χ0n) is 21.3. The summed E-state index contributed by atoms with van der Waals surface area (Å²) in [6.45, 7) is 7.62. The van der Waals surface area contributed by atoms with Crippen molar-refractivity contribution >= 4 is 33.8 Å². The Hall–Kier alpha value is -3.59. The summed E-state index contributed by atoms with van der Waals surface area (Å²) in [5.74, 6) is -0.136. The smallest absolute Gasteiger partial charge is 0.255 e. The van der Waals surface area contributed by atoms with E-state index in [9.17, 15) is 4.79 Å². The lowest BCUT2D eigenvalue weighted by molar-refractivity contribution is 0.102. The molecule has 7 nitrogen and oxygen atoms in total. The monoisotopic (exact) mass is 512 g/mol. The Morgan fingerprint density at radius 1 is 1.05 bits per heavy atom. The Balaban J connectivity index is 1.19. The molecule has 0 atom stereocenters. The number of likely N-dealkylation sites (N-methyl/N-ethyl adjacent to an activating group) is 1. The van der Waals surface area contributed by atoms with E-state index < -0.39 is 0 Å². The summed E-state index contributed by atoms with van der Waals surface area (Å²) in [7, 11) is 2.18. The fraction of sp³-hybridized carbons (Fsp3) is 0.276. The standard InChI is InChI=1S/C29H32N6OS/c1-21-5-8-23(18-26(21)32-29-33-27(20-37-29)24-4-3-12-30-19-24)28(36)31-25-9-6-22(7-10-25)11-13-35-16-14-34(2)15-17-35/h3-10,12,18-20H,11,13-17H2,1-2H3,(H,31,36)(H,32,33). The Morgan fingerprint density at radius 3 is 2.62 bits per heavy atom. The maximum absolute atomic E-state index is 13.0. The Bertz CT molecular complexity index is 1330. The number of hydrogen-bond acceptors (Lipinski definition) is 7. The lowest BCUT2D eigenvalue weighted by atomic mass is 10.1. The average Bonchev–Trinajstić information content (AvgIpc) is 3.39. The normalized spacial score (nSPS) is 14.4. The third kappa shape index (κ3) is 6.60. The molecule has 1 aliphatic rings. The highest BCUT2D eigenvalue weighted by Crippen LogP contribution is 2.28. The zero-order chi connectivity index (χ0) is 25.6. The van der Waals surface area contributed by atoms with Gasteiger partial charge in [0, 0.05) is 73.0 Å². The minimum atomic E-state index is -0.136. The molecule has 1 aliphatic heterocycles. The number of thiazole rings is 1. The summed E-state index contributed by atoms with van der Waals surface area (Å²) < 4.78 is 0. The van der Waals surface area contributed by atoms with Crippen LogP contribution in [-0.2, 0) is 6.42 Å². The van der Waals surface area contributed by atoms with Gasteiger partial charge in [-0.05, 0) is 67.9 Å². The summed E-state index contributed by atoms with van der Waals surface area (Å²) in [5, 5.41) is 9.17. The van der Waals surface area contributed by atoms with Crippen molar-refractivity contribution in [1.29, 1.82) is 0 Å². The van der Waals surface area contributed by atoms with E-state index in [1.54, 1.807) is 12.4 Å². The fourth-order valence-electron chi connectivity index (χ4n) is 4.31. The number of nitrogens with zero attached hydrogens (tertiary/aromatic N) is 4. The lowest BCUT2D eigenvalue weighted by Crippen LogP contribution is -2.45. The molecule has 0 aliphatic carbocycles. The number of aryl methyl sites for hydroxylation is 1. The van der Waals surface area contributed by atoms with Gasteiger partial charge < -0.3 is 20.4 Å². The van der Waals surface area contributed by atoms with Gasteiger partial charge in [-0.2, -0.15) is 0 Å². The number of anilines is 3. The number of aromatic nitrogens is 2. The number of rotatable bonds is 8. The number of hydrogen-bond donors (Lipinski definition) is 2. The van der Waals surface area contributed by atoms with Gasteiger partial charge in [0.05, 0.1) is 5.69 Å². The summed E-state index contributed by atoms with van der Waals surface area (Å²) in [6, 6.07) is 17.8. The van der Waals surface area contributed by atoms with E-state index in [1.165, 1.54) is 16.9 Å². The molecule has 0 bridgehead atoms. The number of nitrogens with one attached hydrogen (secondary N) is 2. The molecule has 0 spiro atoms. The van der Waals surface area contributed by atoms with Gasteiger partial charge in [0.15, 0.2) is 5.13 Å². The second-order valence-electron chi connectivity index (χ2n) is 9.48. The molecule has 190 valence electrons. The SMILES string of the molecule is Cc1ccc(C(=O)Nc2ccc(CCN3CCN(C)CC3)cc2)cc1Nc1nc(-c2cccnc2)cs1. The Labute approximate surface area is 222 Å². The van der Waals surface area contributed by atoms with Crippen molar-refractivity contribution in [1.82, 2.24) is 19.8 Å². The number of pyridine rings is 1. The van der Waals surface area contributed by atoms with Gasteiger partial charge in [0.25, 0.3) is 5.91 Å². The van der Waals surface area contributed by atoms with E-state index in [0.717, 1.165) is 72.5 Å². The minimum Gasteiger partial charge on any atom is -0.331 e. The summed E-state index contributed by atoms with van der Waals surface area (Å²) in [4.78, 5) is 26.7. The second kappa shape index (κ2) is 11.6. The number of carbonyl (C=O) groups excluding carboxylic acids is 1. The molecular formula is C29H32N6OS. The summed E-state index contributed by atoms with van der Waals surface area (Å²) in [6.07, 6.45) is 4.57. The Kier molecular flexibility index (Phi) is 7.89. The van der Waals surface area contributed by atoms with E-state index in [1.807, 2.05) is 54.8 Å². The third-order valence-electron chi connectivity index (χ3n) is 6.73. The van der Waals surface area contributed by atoms with E-state index >= 15 is 0 Å². The molecule has 2 N–H and O–H groups in total. The lowest BCUT2D eigenvalue weighted by Gasteiger charge is -2.32. The predicted molar refractivity (Wildman–Crippen MR) is 152 cm³/mol. The number of carbonyl (C=O) groups is 1. The van der Waals surface area contributed by atoms with Gasteiger partial charge in [-0.15, -0.1) is 11.3 Å². The molecule has 1 amide bonds. The highest BCUT2D eigenvalue weighted by molar-refractivity contribution is 7.14. The molecular weight excluding hydrogens is 480 g/mol. The first-order valence-electron chi connectivity index (χ1n) is 12.6. The summed E-state index contributed by atoms with van der Waals surface area (Å²) >= 11 is 1.52. The molecule has 0 radical (unpaired) electrons. The minimum absolute atomic E-state index is 0.136. The van der Waals surface area contributed by atoms with Crippen LogP contribution in [-0.4, -0.2) is 65.4 Å². The molecule has 0 saturated carbocycles. The van der Waals surface area contributed by atoms with Gasteiger partial charge >= 0.3 is 0 Å². The van der Waals surface area contributed by atoms with E-state index in [0.29, 0.717) is 5.56 Å². The van der Waals surface area contributed by atoms with Crippen LogP contribution in [0, 0.1) is 6.92 Å². The molecule has 37 heavy (non-hydrogen) atoms. The van der Waals surface area contributed by atoms with Crippen molar-refractivity contribution in [2.45, 2.75) is 13.3 Å². The van der Waals surface area contributed by atoms with Gasteiger partial charge in [-0.1, -0.05) is 18.2 Å². The average molecular weight is 513 g/mol. The van der Waals surface area contributed by atoms with Crippen LogP contribution in [0.2, 0.25) is 0 Å². The molecule has 3 heterocycles. The number of benzene rings is 2. The maximum atomic E-state index is 13.0. The van der Waals surface area contributed by atoms with E-state index in [2.05, 4.69) is 49.6 Å². The molecule has 4 aromatic rings. The van der Waals surface area contributed by atoms with Gasteiger partial charge in [0.2, 0.25) is 0 Å². The van der Waals surface area contributed by atoms with Crippen molar-refractivity contribution < 1.29 is 4.79 Å². The predicted octanol–water partition coefficient (Wildman–Crippen LogP) is 5.30. The van der Waals surface area contributed by atoms with Gasteiger partial charge in [-0.25, -0.2) is 4.98 Å². The van der Waals surface area contributed by atoms with Gasteiger partial charge in [0.1, 0.15) is 0 Å². The zero-order valence-corrected chi connectivity index (χ0v) is 22.1. The first-order chi connectivity index (χ1) is 18.0. The summed E-state index contributed by atoms with van der Waals surface area (Å²) in [5.41, 5.74) is 6.42. The maximum Gasteiger partial charge on any atom is 0.255 e. The number of piperazine rings is 1. The molecule has 1 saturated heterocycles. The molecule has 8 heteroatoms. The van der Waals surface area contributed by atoms with Crippen LogP contribution in [0.5, 0.6) is 0 Å². The van der Waals surface area contributed by atoms with Crippen LogP contribution in [0.1, 0.15) is 21.5 Å². The fourth-order valence-corrected chi connectivity index (χ4v) is 5.04. The van der Waals surface area contributed by atoms with Crippen LogP contribution < -0.4 is 10.6 Å². The first kappa shape index (κ1) is 25.1. The van der Waals surface area contributed by atoms with Crippen LogP contribution in [0.3, 0.4) is 0 Å². The third-order valence-corrected chi connectivity index (χ3v) is 7.48. The van der Waals surface area contributed by atoms with Crippen LogP contribution in [0.15, 0.2) is 72.4 Å². The van der Waals surface area contributed by atoms with Crippen molar-refractivity contribution in [3.8, 4) is 11.3 Å². The van der Waals surface area contributed by atoms with Crippen molar-refractivity contribution in [3.63, 3.8) is 0 Å². The molecule has 2 aromatic carbocycles. The molecule has 2 aromatic heterocycles. The van der Waals surface area contributed by atoms with Crippen LogP contribution in [0.4, 0.5) is 16.5 Å². The topological polar surface area (TPSA) is 73.4 Å². The quantitative estimate of drug-likeness (QED) is 0.334. The van der Waals surface area contributed by atoms with Crippen LogP contribution >= 0.6 is 11.3 Å². The largest absolute Gasteiger partial charge is 0.331 e. The van der Waals surface area contributed by atoms with Crippen molar-refractivity contribution in [2.75, 3.05) is 50.4 Å². The molecule has 1 fully saturated rings. The second-order valence-corrected chi connectivity index (χ2v) is 10.3. The van der Waals surface area contributed by atoms with Crippen molar-refractivity contribution in [3.05, 3.63) is 89.1 Å². The van der Waals surface area contributed by atoms with Gasteiger partial charge in [-0.3, -0.25) is 9.78 Å². The van der Waals surface area contributed by atoms with Crippen molar-refractivity contribution in [2.24, 2.45) is 0 Å². The highest BCUT2D eigenvalue weighted by Gasteiger charge is 2.14. The van der Waals surface area contributed by atoms with E-state index in [4.69, 9.17) is 0 Å².